The molecule has 0 radical (unpaired) electrons. The molecule has 0 unspecified atom stereocenters. The third-order valence-electron chi connectivity index (χ3n) is 4.29. The summed E-state index contributed by atoms with van der Waals surface area (Å²) in [6, 6.07) is 12.3. The third-order valence-corrected chi connectivity index (χ3v) is 4.29. The van der Waals surface area contributed by atoms with Crippen LogP contribution in [0.3, 0.4) is 0 Å². The SMILES string of the molecule is C#CCN(Cc1cc2c(O)nc(C)nc2cc1C)c1ccc(C)cc1. The summed E-state index contributed by atoms with van der Waals surface area (Å²) in [5.74, 6) is 3.31. The first-order valence-corrected chi connectivity index (χ1v) is 8.20. The Bertz CT molecular complexity index is 956. The number of aromatic hydroxyl groups is 1. The van der Waals surface area contributed by atoms with E-state index in [1.807, 2.05) is 19.1 Å². The van der Waals surface area contributed by atoms with E-state index in [0.29, 0.717) is 24.3 Å². The molecule has 4 heteroatoms. The Kier molecular flexibility index (Phi) is 4.58. The molecule has 3 aromatic rings. The van der Waals surface area contributed by atoms with Gasteiger partial charge in [-0.15, -0.1) is 6.42 Å². The highest BCUT2D eigenvalue weighted by atomic mass is 16.3. The van der Waals surface area contributed by atoms with Crippen molar-refractivity contribution >= 4 is 16.6 Å². The van der Waals surface area contributed by atoms with Crippen molar-refractivity contribution in [2.45, 2.75) is 27.3 Å². The van der Waals surface area contributed by atoms with E-state index in [-0.39, 0.29) is 5.88 Å². The van der Waals surface area contributed by atoms with E-state index in [4.69, 9.17) is 6.42 Å². The van der Waals surface area contributed by atoms with Crippen LogP contribution in [-0.4, -0.2) is 21.6 Å². The van der Waals surface area contributed by atoms with Crippen molar-refractivity contribution in [2.75, 3.05) is 11.4 Å². The molecular formula is C21H21N3O. The lowest BCUT2D eigenvalue weighted by Gasteiger charge is -2.24. The van der Waals surface area contributed by atoms with Crippen LogP contribution in [0.15, 0.2) is 36.4 Å². The van der Waals surface area contributed by atoms with Crippen LogP contribution >= 0.6 is 0 Å². The van der Waals surface area contributed by atoms with Crippen molar-refractivity contribution in [1.29, 1.82) is 0 Å². The summed E-state index contributed by atoms with van der Waals surface area (Å²) in [7, 11) is 0. The van der Waals surface area contributed by atoms with Gasteiger partial charge in [0, 0.05) is 12.2 Å². The Balaban J connectivity index is 2.01. The van der Waals surface area contributed by atoms with Crippen LogP contribution < -0.4 is 4.90 Å². The number of hydrogen-bond donors (Lipinski definition) is 1. The summed E-state index contributed by atoms with van der Waals surface area (Å²) >= 11 is 0. The molecule has 0 aliphatic carbocycles. The lowest BCUT2D eigenvalue weighted by Crippen LogP contribution is -2.23. The average Bonchev–Trinajstić information content (AvgIpc) is 2.56. The maximum Gasteiger partial charge on any atom is 0.222 e. The lowest BCUT2D eigenvalue weighted by atomic mass is 10.0. The minimum Gasteiger partial charge on any atom is -0.493 e. The number of aromatic nitrogens is 2. The van der Waals surface area contributed by atoms with Gasteiger partial charge in [0.1, 0.15) is 5.82 Å². The highest BCUT2D eigenvalue weighted by Gasteiger charge is 2.12. The van der Waals surface area contributed by atoms with Gasteiger partial charge >= 0.3 is 0 Å². The van der Waals surface area contributed by atoms with Crippen molar-refractivity contribution in [3.8, 4) is 18.2 Å². The van der Waals surface area contributed by atoms with Crippen molar-refractivity contribution in [2.24, 2.45) is 0 Å². The van der Waals surface area contributed by atoms with Gasteiger partial charge in [0.2, 0.25) is 5.88 Å². The highest BCUT2D eigenvalue weighted by molar-refractivity contribution is 5.84. The number of fused-ring (bicyclic) bond motifs is 1. The molecule has 126 valence electrons. The summed E-state index contributed by atoms with van der Waals surface area (Å²) < 4.78 is 0. The second kappa shape index (κ2) is 6.82. The Morgan fingerprint density at radius 2 is 1.80 bits per heavy atom. The molecule has 25 heavy (non-hydrogen) atoms. The molecule has 0 saturated carbocycles. The second-order valence-corrected chi connectivity index (χ2v) is 6.29. The zero-order chi connectivity index (χ0) is 18.0. The minimum absolute atomic E-state index is 0.0163. The third kappa shape index (κ3) is 3.56. The molecule has 4 nitrogen and oxygen atoms in total. The molecule has 0 aliphatic rings. The van der Waals surface area contributed by atoms with Crippen LogP contribution in [0.4, 0.5) is 5.69 Å². The maximum absolute atomic E-state index is 10.2. The van der Waals surface area contributed by atoms with Crippen LogP contribution in [0.5, 0.6) is 5.88 Å². The molecule has 0 fully saturated rings. The van der Waals surface area contributed by atoms with Gasteiger partial charge < -0.3 is 10.0 Å². The minimum atomic E-state index is 0.0163. The maximum atomic E-state index is 10.2. The zero-order valence-corrected chi connectivity index (χ0v) is 14.7. The Morgan fingerprint density at radius 3 is 2.48 bits per heavy atom. The predicted octanol–water partition coefficient (Wildman–Crippen LogP) is 3.90. The van der Waals surface area contributed by atoms with Gasteiger partial charge in [0.25, 0.3) is 0 Å². The standard InChI is InChI=1S/C21H21N3O/c1-5-10-24(18-8-6-14(2)7-9-18)13-17-12-19-20(11-15(17)3)22-16(4)23-21(19)25/h1,6-9,11-12H,10,13H2,2-4H3,(H,22,23,25). The fourth-order valence-corrected chi connectivity index (χ4v) is 2.90. The lowest BCUT2D eigenvalue weighted by molar-refractivity contribution is 0.457. The highest BCUT2D eigenvalue weighted by Crippen LogP contribution is 2.27. The first-order valence-electron chi connectivity index (χ1n) is 8.20. The second-order valence-electron chi connectivity index (χ2n) is 6.29. The van der Waals surface area contributed by atoms with Crippen LogP contribution in [0.1, 0.15) is 22.5 Å². The van der Waals surface area contributed by atoms with E-state index < -0.39 is 0 Å². The van der Waals surface area contributed by atoms with Gasteiger partial charge in [-0.05, 0) is 56.2 Å². The van der Waals surface area contributed by atoms with E-state index in [0.717, 1.165) is 22.3 Å². The van der Waals surface area contributed by atoms with Gasteiger partial charge in [-0.3, -0.25) is 0 Å². The summed E-state index contributed by atoms with van der Waals surface area (Å²) in [6.07, 6.45) is 5.57. The molecule has 0 bridgehead atoms. The van der Waals surface area contributed by atoms with Crippen molar-refractivity contribution < 1.29 is 5.11 Å². The Morgan fingerprint density at radius 1 is 1.08 bits per heavy atom. The molecule has 2 aromatic carbocycles. The first kappa shape index (κ1) is 16.8. The van der Waals surface area contributed by atoms with E-state index in [9.17, 15) is 5.11 Å². The molecule has 1 aromatic heterocycles. The summed E-state index contributed by atoms with van der Waals surface area (Å²) in [4.78, 5) is 10.6. The zero-order valence-electron chi connectivity index (χ0n) is 14.7. The van der Waals surface area contributed by atoms with E-state index >= 15 is 0 Å². The molecule has 0 aliphatic heterocycles. The van der Waals surface area contributed by atoms with Crippen LogP contribution in [-0.2, 0) is 6.54 Å². The average molecular weight is 331 g/mol. The van der Waals surface area contributed by atoms with E-state index in [2.05, 4.69) is 52.0 Å². The molecule has 1 heterocycles. The smallest absolute Gasteiger partial charge is 0.222 e. The fraction of sp³-hybridized carbons (Fsp3) is 0.238. The van der Waals surface area contributed by atoms with Gasteiger partial charge in [0.15, 0.2) is 0 Å². The normalized spacial score (nSPS) is 10.6. The van der Waals surface area contributed by atoms with Crippen molar-refractivity contribution in [3.05, 3.63) is 58.9 Å². The largest absolute Gasteiger partial charge is 0.493 e. The molecule has 1 N–H and O–H groups in total. The monoisotopic (exact) mass is 331 g/mol. The van der Waals surface area contributed by atoms with Crippen molar-refractivity contribution in [1.82, 2.24) is 9.97 Å². The number of hydrogen-bond acceptors (Lipinski definition) is 4. The molecule has 0 amide bonds. The summed E-state index contributed by atoms with van der Waals surface area (Å²) in [5.41, 5.74) is 5.24. The van der Waals surface area contributed by atoms with Crippen LogP contribution in [0.2, 0.25) is 0 Å². The fourth-order valence-electron chi connectivity index (χ4n) is 2.90. The number of anilines is 1. The molecule has 3 rings (SSSR count). The van der Waals surface area contributed by atoms with Crippen LogP contribution in [0, 0.1) is 33.1 Å². The first-order chi connectivity index (χ1) is 12.0. The Hall–Kier alpha value is -3.06. The van der Waals surface area contributed by atoms with Gasteiger partial charge in [0.05, 0.1) is 17.4 Å². The summed E-state index contributed by atoms with van der Waals surface area (Å²) in [6.45, 7) is 7.05. The quantitative estimate of drug-likeness (QED) is 0.737. The molecular weight excluding hydrogens is 310 g/mol. The summed E-state index contributed by atoms with van der Waals surface area (Å²) in [5, 5.41) is 10.8. The number of nitrogens with zero attached hydrogens (tertiary/aromatic N) is 3. The van der Waals surface area contributed by atoms with Crippen molar-refractivity contribution in [3.63, 3.8) is 0 Å². The number of rotatable bonds is 4. The van der Waals surface area contributed by atoms with Gasteiger partial charge in [-0.2, -0.15) is 4.98 Å². The molecule has 0 saturated heterocycles. The molecule has 0 atom stereocenters. The number of terminal acetylenes is 1. The van der Waals surface area contributed by atoms with E-state index in [1.54, 1.807) is 6.92 Å². The van der Waals surface area contributed by atoms with Crippen LogP contribution in [0.25, 0.3) is 10.9 Å². The Labute approximate surface area is 148 Å². The number of aryl methyl sites for hydroxylation is 3. The van der Waals surface area contributed by atoms with E-state index in [1.165, 1.54) is 5.56 Å². The number of benzene rings is 2. The van der Waals surface area contributed by atoms with Gasteiger partial charge in [-0.25, -0.2) is 4.98 Å². The predicted molar refractivity (Wildman–Crippen MR) is 102 cm³/mol. The topological polar surface area (TPSA) is 49.2 Å². The molecule has 0 spiro atoms. The van der Waals surface area contributed by atoms with Gasteiger partial charge in [-0.1, -0.05) is 23.6 Å².